The Morgan fingerprint density at radius 3 is 2.14 bits per heavy atom. The lowest BCUT2D eigenvalue weighted by Crippen LogP contribution is -2.00. The van der Waals surface area contributed by atoms with Crippen LogP contribution in [-0.2, 0) is 0 Å². The van der Waals surface area contributed by atoms with Crippen molar-refractivity contribution < 1.29 is 13.9 Å². The third kappa shape index (κ3) is 3.94. The minimum atomic E-state index is -1.25. The minimum Gasteiger partial charge on any atom is -0.508 e. The van der Waals surface area contributed by atoms with Crippen molar-refractivity contribution in [2.24, 2.45) is 0 Å². The molecule has 22 heavy (non-hydrogen) atoms. The molecule has 2 rings (SSSR count). The molecule has 0 bridgehead atoms. The molecule has 1 N–H and O–H groups in total. The summed E-state index contributed by atoms with van der Waals surface area (Å²) in [5, 5.41) is 9.95. The predicted octanol–water partition coefficient (Wildman–Crippen LogP) is 5.38. The van der Waals surface area contributed by atoms with Crippen molar-refractivity contribution >= 4 is 10.9 Å². The van der Waals surface area contributed by atoms with E-state index >= 15 is 0 Å². The van der Waals surface area contributed by atoms with Crippen molar-refractivity contribution in [2.75, 3.05) is 0 Å². The van der Waals surface area contributed by atoms with E-state index in [0.717, 1.165) is 0 Å². The number of halogens is 2. The Hall–Kier alpha value is -2.15. The monoisotopic (exact) mass is 307 g/mol. The Bertz CT molecular complexity index is 673. The first-order chi connectivity index (χ1) is 10.5. The second-order valence-corrected chi connectivity index (χ2v) is 4.32. The zero-order valence-corrected chi connectivity index (χ0v) is 14.0. The number of terminal acetylenes is 1. The zero-order chi connectivity index (χ0) is 17.4. The van der Waals surface area contributed by atoms with Gasteiger partial charge in [-0.05, 0) is 17.5 Å². The topological polar surface area (TPSA) is 33.1 Å². The normalized spacial score (nSPS) is 9.45. The third-order valence-electron chi connectivity index (χ3n) is 2.77. The number of phenolic OH excluding ortho intramolecular Hbond substituents is 1. The van der Waals surface area contributed by atoms with Crippen LogP contribution in [0.15, 0.2) is 12.1 Å². The van der Waals surface area contributed by atoms with E-state index in [9.17, 15) is 13.9 Å². The Labute approximate surface area is 131 Å². The molecule has 0 saturated carbocycles. The summed E-state index contributed by atoms with van der Waals surface area (Å²) in [6.45, 7) is 11.7. The maximum absolute atomic E-state index is 13.6. The summed E-state index contributed by atoms with van der Waals surface area (Å²) < 4.78 is 26.9. The number of phenols is 1. The molecule has 0 aliphatic carbocycles. The lowest BCUT2D eigenvalue weighted by molar-refractivity contribution is 0.472. The summed E-state index contributed by atoms with van der Waals surface area (Å²) in [5.74, 6) is -0.274. The highest BCUT2D eigenvalue weighted by Gasteiger charge is 2.18. The van der Waals surface area contributed by atoms with Crippen LogP contribution in [0.25, 0.3) is 10.9 Å². The maximum atomic E-state index is 13.6. The molecule has 0 atom stereocenters. The molecular weight excluding hydrogens is 284 g/mol. The Balaban J connectivity index is 0.00000102. The molecule has 0 unspecified atom stereocenters. The second kappa shape index (κ2) is 8.99. The number of hydrogen-bond donors (Lipinski definition) is 1. The number of nitrogens with zero attached hydrogens (tertiary/aromatic N) is 1. The standard InChI is InChI=1S/C14H11F2NO.2C2H6/c1-4-9-12-10(7(2)3)5-8(18)6-11(12)17-14(16)13(9)15;2*1-2/h1,5-7,18H,2-3H3;2*1-2H3. The van der Waals surface area contributed by atoms with E-state index in [0.29, 0.717) is 10.9 Å². The van der Waals surface area contributed by atoms with Crippen LogP contribution in [0.1, 0.15) is 58.6 Å². The van der Waals surface area contributed by atoms with Gasteiger partial charge in [-0.2, -0.15) is 4.39 Å². The average molecular weight is 307 g/mol. The number of aromatic nitrogens is 1. The lowest BCUT2D eigenvalue weighted by Gasteiger charge is -2.12. The Morgan fingerprint density at radius 2 is 1.68 bits per heavy atom. The second-order valence-electron chi connectivity index (χ2n) is 4.32. The van der Waals surface area contributed by atoms with Gasteiger partial charge < -0.3 is 5.11 Å². The quantitative estimate of drug-likeness (QED) is 0.567. The van der Waals surface area contributed by atoms with E-state index < -0.39 is 11.8 Å². The molecule has 0 radical (unpaired) electrons. The van der Waals surface area contributed by atoms with Crippen molar-refractivity contribution in [1.82, 2.24) is 4.98 Å². The fraction of sp³-hybridized carbons (Fsp3) is 0.389. The Kier molecular flexibility index (Phi) is 8.11. The average Bonchev–Trinajstić information content (AvgIpc) is 2.52. The molecule has 0 spiro atoms. The molecule has 120 valence electrons. The van der Waals surface area contributed by atoms with Gasteiger partial charge in [-0.3, -0.25) is 0 Å². The number of pyridine rings is 1. The van der Waals surface area contributed by atoms with E-state index in [-0.39, 0.29) is 22.7 Å². The van der Waals surface area contributed by atoms with Crippen molar-refractivity contribution in [3.63, 3.8) is 0 Å². The molecule has 1 heterocycles. The van der Waals surface area contributed by atoms with Gasteiger partial charge in [0.1, 0.15) is 5.75 Å². The van der Waals surface area contributed by atoms with Crippen molar-refractivity contribution in [3.8, 4) is 18.1 Å². The molecule has 0 aliphatic heterocycles. The molecule has 1 aromatic heterocycles. The molecule has 2 aromatic rings. The highest BCUT2D eigenvalue weighted by molar-refractivity contribution is 5.90. The molecule has 1 aromatic carbocycles. The zero-order valence-electron chi connectivity index (χ0n) is 14.0. The fourth-order valence-electron chi connectivity index (χ4n) is 1.95. The van der Waals surface area contributed by atoms with Gasteiger partial charge in [-0.15, -0.1) is 6.42 Å². The van der Waals surface area contributed by atoms with E-state index in [1.807, 2.05) is 41.5 Å². The van der Waals surface area contributed by atoms with Crippen molar-refractivity contribution in [3.05, 3.63) is 35.0 Å². The summed E-state index contributed by atoms with van der Waals surface area (Å²) in [6, 6.07) is 2.76. The van der Waals surface area contributed by atoms with Gasteiger partial charge in [0.2, 0.25) is 0 Å². The van der Waals surface area contributed by atoms with Crippen LogP contribution >= 0.6 is 0 Å². The highest BCUT2D eigenvalue weighted by Crippen LogP contribution is 2.32. The third-order valence-corrected chi connectivity index (χ3v) is 2.77. The first-order valence-corrected chi connectivity index (χ1v) is 7.44. The first-order valence-electron chi connectivity index (χ1n) is 7.44. The molecule has 2 nitrogen and oxygen atoms in total. The molecule has 0 aliphatic rings. The van der Waals surface area contributed by atoms with Crippen LogP contribution in [0.2, 0.25) is 0 Å². The van der Waals surface area contributed by atoms with Crippen LogP contribution in [0.3, 0.4) is 0 Å². The van der Waals surface area contributed by atoms with Gasteiger partial charge in [0.15, 0.2) is 5.82 Å². The predicted molar refractivity (Wildman–Crippen MR) is 88.0 cm³/mol. The fourth-order valence-corrected chi connectivity index (χ4v) is 1.95. The van der Waals surface area contributed by atoms with Crippen LogP contribution in [0.4, 0.5) is 8.78 Å². The lowest BCUT2D eigenvalue weighted by atomic mass is 9.94. The molecule has 0 fully saturated rings. The number of aromatic hydroxyl groups is 1. The first kappa shape index (κ1) is 19.9. The van der Waals surface area contributed by atoms with Crippen LogP contribution in [-0.4, -0.2) is 10.1 Å². The SMILES string of the molecule is C#Cc1c(F)c(F)nc2cc(O)cc(C(C)C)c12.CC.CC. The number of fused-ring (bicyclic) bond motifs is 1. The van der Waals surface area contributed by atoms with Gasteiger partial charge in [0, 0.05) is 11.5 Å². The number of benzene rings is 1. The van der Waals surface area contributed by atoms with E-state index in [1.54, 1.807) is 0 Å². The van der Waals surface area contributed by atoms with Gasteiger partial charge >= 0.3 is 0 Å². The van der Waals surface area contributed by atoms with Gasteiger partial charge in [0.05, 0.1) is 11.1 Å². The van der Waals surface area contributed by atoms with Crippen molar-refractivity contribution in [2.45, 2.75) is 47.5 Å². The summed E-state index contributed by atoms with van der Waals surface area (Å²) in [7, 11) is 0. The molecule has 4 heteroatoms. The minimum absolute atomic E-state index is 0.00152. The van der Waals surface area contributed by atoms with Crippen LogP contribution in [0.5, 0.6) is 5.75 Å². The van der Waals surface area contributed by atoms with Gasteiger partial charge in [-0.25, -0.2) is 9.37 Å². The summed E-state index contributed by atoms with van der Waals surface area (Å²) >= 11 is 0. The van der Waals surface area contributed by atoms with Crippen LogP contribution in [0, 0.1) is 24.1 Å². The van der Waals surface area contributed by atoms with Crippen LogP contribution < -0.4 is 0 Å². The number of hydrogen-bond acceptors (Lipinski definition) is 2. The molecule has 0 amide bonds. The Morgan fingerprint density at radius 1 is 1.14 bits per heavy atom. The smallest absolute Gasteiger partial charge is 0.250 e. The summed E-state index contributed by atoms with van der Waals surface area (Å²) in [6.07, 6.45) is 5.25. The summed E-state index contributed by atoms with van der Waals surface area (Å²) in [4.78, 5) is 3.49. The van der Waals surface area contributed by atoms with E-state index in [1.165, 1.54) is 12.1 Å². The van der Waals surface area contributed by atoms with E-state index in [2.05, 4.69) is 10.9 Å². The summed E-state index contributed by atoms with van der Waals surface area (Å²) in [5.41, 5.74) is 0.649. The highest BCUT2D eigenvalue weighted by atomic mass is 19.2. The number of rotatable bonds is 1. The largest absolute Gasteiger partial charge is 0.508 e. The maximum Gasteiger partial charge on any atom is 0.250 e. The molecular formula is C18H23F2NO. The van der Waals surface area contributed by atoms with E-state index in [4.69, 9.17) is 6.42 Å². The molecule has 0 saturated heterocycles. The van der Waals surface area contributed by atoms with Gasteiger partial charge in [0.25, 0.3) is 5.95 Å². The van der Waals surface area contributed by atoms with Crippen molar-refractivity contribution in [1.29, 1.82) is 0 Å². The van der Waals surface area contributed by atoms with Gasteiger partial charge in [-0.1, -0.05) is 47.5 Å².